The lowest BCUT2D eigenvalue weighted by Gasteiger charge is -2.20. The second-order valence-corrected chi connectivity index (χ2v) is 6.38. The third-order valence-electron chi connectivity index (χ3n) is 3.33. The fraction of sp³-hybridized carbons (Fsp3) is 0.909. The van der Waals surface area contributed by atoms with E-state index >= 15 is 0 Å². The van der Waals surface area contributed by atoms with Crippen molar-refractivity contribution in [2.45, 2.75) is 63.6 Å². The van der Waals surface area contributed by atoms with Crippen LogP contribution in [0.25, 0.3) is 0 Å². The SMILES string of the molecule is O=CP(=O)(OC1CCCC1)OC1CCCC1. The van der Waals surface area contributed by atoms with Crippen LogP contribution in [0.5, 0.6) is 0 Å². The zero-order valence-electron chi connectivity index (χ0n) is 9.47. The van der Waals surface area contributed by atoms with E-state index in [2.05, 4.69) is 0 Å². The van der Waals surface area contributed by atoms with E-state index in [0.717, 1.165) is 51.4 Å². The largest absolute Gasteiger partial charge is 0.394 e. The molecule has 2 saturated carbocycles. The van der Waals surface area contributed by atoms with Crippen LogP contribution in [0.3, 0.4) is 0 Å². The van der Waals surface area contributed by atoms with Crippen LogP contribution in [0.15, 0.2) is 0 Å². The van der Waals surface area contributed by atoms with Crippen LogP contribution in [0.2, 0.25) is 0 Å². The molecule has 0 aromatic carbocycles. The van der Waals surface area contributed by atoms with E-state index in [4.69, 9.17) is 9.05 Å². The normalized spacial score (nSPS) is 24.0. The van der Waals surface area contributed by atoms with Gasteiger partial charge in [0, 0.05) is 0 Å². The highest BCUT2D eigenvalue weighted by molar-refractivity contribution is 7.69. The van der Waals surface area contributed by atoms with E-state index in [1.165, 1.54) is 0 Å². The topological polar surface area (TPSA) is 52.6 Å². The molecule has 5 heteroatoms. The van der Waals surface area contributed by atoms with Gasteiger partial charge in [-0.2, -0.15) is 0 Å². The molecule has 0 spiro atoms. The van der Waals surface area contributed by atoms with Gasteiger partial charge in [0.15, 0.2) is 0 Å². The van der Waals surface area contributed by atoms with Gasteiger partial charge in [0.05, 0.1) is 12.2 Å². The van der Waals surface area contributed by atoms with Crippen molar-refractivity contribution in [3.63, 3.8) is 0 Å². The molecule has 0 aromatic heterocycles. The number of carbonyl (C=O) groups excluding carboxylic acids is 1. The Morgan fingerprint density at radius 1 is 0.875 bits per heavy atom. The Balaban J connectivity index is 1.89. The molecule has 0 saturated heterocycles. The molecule has 16 heavy (non-hydrogen) atoms. The quantitative estimate of drug-likeness (QED) is 0.551. The summed E-state index contributed by atoms with van der Waals surface area (Å²) in [5.41, 5.74) is 0. The summed E-state index contributed by atoms with van der Waals surface area (Å²) in [6, 6.07) is 0.379. The zero-order chi connectivity index (χ0) is 11.4. The molecule has 0 aliphatic heterocycles. The van der Waals surface area contributed by atoms with E-state index in [0.29, 0.717) is 6.03 Å². The van der Waals surface area contributed by atoms with Crippen molar-refractivity contribution >= 4 is 13.6 Å². The van der Waals surface area contributed by atoms with Gasteiger partial charge in [0.2, 0.25) is 6.03 Å². The smallest absolute Gasteiger partial charge is 0.300 e. The highest BCUT2D eigenvalue weighted by atomic mass is 31.2. The lowest BCUT2D eigenvalue weighted by Crippen LogP contribution is -2.12. The minimum atomic E-state index is -3.48. The van der Waals surface area contributed by atoms with Gasteiger partial charge < -0.3 is 9.05 Å². The maximum atomic E-state index is 12.1. The molecule has 4 nitrogen and oxygen atoms in total. The number of hydrogen-bond acceptors (Lipinski definition) is 4. The molecule has 0 bridgehead atoms. The molecule has 0 N–H and O–H groups in total. The Hall–Kier alpha value is -0.180. The third kappa shape index (κ3) is 3.16. The average molecular weight is 246 g/mol. The van der Waals surface area contributed by atoms with Crippen molar-refractivity contribution in [1.29, 1.82) is 0 Å². The lowest BCUT2D eigenvalue weighted by molar-refractivity contribution is 0.126. The molecule has 0 amide bonds. The van der Waals surface area contributed by atoms with Crippen molar-refractivity contribution < 1.29 is 18.4 Å². The summed E-state index contributed by atoms with van der Waals surface area (Å²) >= 11 is 0. The summed E-state index contributed by atoms with van der Waals surface area (Å²) in [5, 5.41) is 0. The second-order valence-electron chi connectivity index (χ2n) is 4.67. The predicted molar refractivity (Wildman–Crippen MR) is 61.0 cm³/mol. The van der Waals surface area contributed by atoms with Gasteiger partial charge in [-0.1, -0.05) is 25.7 Å². The maximum Gasteiger partial charge on any atom is 0.394 e. The number of rotatable bonds is 5. The van der Waals surface area contributed by atoms with Gasteiger partial charge in [-0.05, 0) is 25.7 Å². The highest BCUT2D eigenvalue weighted by Crippen LogP contribution is 2.51. The first-order valence-corrected chi connectivity index (χ1v) is 7.76. The fourth-order valence-corrected chi connectivity index (χ4v) is 3.88. The van der Waals surface area contributed by atoms with Crippen molar-refractivity contribution in [3.8, 4) is 0 Å². The van der Waals surface area contributed by atoms with E-state index in [1.54, 1.807) is 0 Å². The summed E-state index contributed by atoms with van der Waals surface area (Å²) in [5.74, 6) is 0. The molecular formula is C11H19O4P. The number of hydrogen-bond donors (Lipinski definition) is 0. The van der Waals surface area contributed by atoms with Crippen LogP contribution in [-0.4, -0.2) is 18.2 Å². The Morgan fingerprint density at radius 3 is 1.56 bits per heavy atom. The molecule has 2 aliphatic carbocycles. The Labute approximate surface area is 96.2 Å². The molecular weight excluding hydrogens is 227 g/mol. The molecule has 2 fully saturated rings. The average Bonchev–Trinajstić information content (AvgIpc) is 2.91. The summed E-state index contributed by atoms with van der Waals surface area (Å²) in [6.45, 7) is 0. The summed E-state index contributed by atoms with van der Waals surface area (Å²) < 4.78 is 22.8. The molecule has 2 aliphatic rings. The first-order valence-electron chi connectivity index (χ1n) is 6.15. The van der Waals surface area contributed by atoms with Crippen LogP contribution in [0.4, 0.5) is 0 Å². The van der Waals surface area contributed by atoms with E-state index < -0.39 is 7.60 Å². The first kappa shape index (κ1) is 12.3. The van der Waals surface area contributed by atoms with Gasteiger partial charge in [-0.25, -0.2) is 0 Å². The van der Waals surface area contributed by atoms with Crippen molar-refractivity contribution in [1.82, 2.24) is 0 Å². The van der Waals surface area contributed by atoms with Gasteiger partial charge in [0.1, 0.15) is 0 Å². The predicted octanol–water partition coefficient (Wildman–Crippen LogP) is 3.29. The molecule has 0 radical (unpaired) electrons. The molecule has 92 valence electrons. The van der Waals surface area contributed by atoms with E-state index in [9.17, 15) is 9.36 Å². The molecule has 0 heterocycles. The standard InChI is InChI=1S/C11H19O4P/c12-9-16(13,14-10-5-1-2-6-10)15-11-7-3-4-8-11/h9-11H,1-8H2. The van der Waals surface area contributed by atoms with Crippen molar-refractivity contribution in [2.75, 3.05) is 0 Å². The minimum absolute atomic E-state index is 0.0440. The summed E-state index contributed by atoms with van der Waals surface area (Å²) in [7, 11) is -3.48. The van der Waals surface area contributed by atoms with Gasteiger partial charge in [-0.3, -0.25) is 9.36 Å². The van der Waals surface area contributed by atoms with Gasteiger partial charge >= 0.3 is 7.60 Å². The molecule has 0 unspecified atom stereocenters. The Morgan fingerprint density at radius 2 is 1.25 bits per heavy atom. The molecule has 0 atom stereocenters. The monoisotopic (exact) mass is 246 g/mol. The van der Waals surface area contributed by atoms with Gasteiger partial charge in [-0.15, -0.1) is 0 Å². The van der Waals surface area contributed by atoms with Crippen LogP contribution >= 0.6 is 7.60 Å². The summed E-state index contributed by atoms with van der Waals surface area (Å²) in [6.07, 6.45) is 7.85. The number of carbonyl (C=O) groups is 1. The van der Waals surface area contributed by atoms with Crippen LogP contribution in [0.1, 0.15) is 51.4 Å². The van der Waals surface area contributed by atoms with Gasteiger partial charge in [0.25, 0.3) is 0 Å². The van der Waals surface area contributed by atoms with Crippen LogP contribution < -0.4 is 0 Å². The van der Waals surface area contributed by atoms with Crippen molar-refractivity contribution in [2.24, 2.45) is 0 Å². The third-order valence-corrected chi connectivity index (χ3v) is 4.77. The summed E-state index contributed by atoms with van der Waals surface area (Å²) in [4.78, 5) is 10.9. The highest BCUT2D eigenvalue weighted by Gasteiger charge is 2.33. The lowest BCUT2D eigenvalue weighted by atomic mass is 10.3. The molecule has 0 aromatic rings. The molecule has 2 rings (SSSR count). The second kappa shape index (κ2) is 5.44. The minimum Gasteiger partial charge on any atom is -0.300 e. The van der Waals surface area contributed by atoms with Crippen LogP contribution in [-0.2, 0) is 18.4 Å². The Bertz CT molecular complexity index is 258. The van der Waals surface area contributed by atoms with E-state index in [1.807, 2.05) is 0 Å². The first-order chi connectivity index (χ1) is 7.72. The van der Waals surface area contributed by atoms with Crippen molar-refractivity contribution in [3.05, 3.63) is 0 Å². The maximum absolute atomic E-state index is 12.1. The zero-order valence-corrected chi connectivity index (χ0v) is 10.4. The fourth-order valence-electron chi connectivity index (χ4n) is 2.48. The van der Waals surface area contributed by atoms with E-state index in [-0.39, 0.29) is 12.2 Å². The Kier molecular flexibility index (Phi) is 4.17. The van der Waals surface area contributed by atoms with Crippen LogP contribution in [0, 0.1) is 0 Å².